The van der Waals surface area contributed by atoms with Gasteiger partial charge in [-0.15, -0.1) is 0 Å². The van der Waals surface area contributed by atoms with Gasteiger partial charge in [0.1, 0.15) is 16.9 Å². The number of hydrogen-bond donors (Lipinski definition) is 1. The van der Waals surface area contributed by atoms with Gasteiger partial charge in [0.25, 0.3) is 0 Å². The summed E-state index contributed by atoms with van der Waals surface area (Å²) in [5, 5.41) is 9.30. The van der Waals surface area contributed by atoms with E-state index in [1.165, 1.54) is 16.6 Å². The lowest BCUT2D eigenvalue weighted by Crippen LogP contribution is -2.33. The maximum atomic E-state index is 13.5. The summed E-state index contributed by atoms with van der Waals surface area (Å²) in [6.07, 6.45) is 2.37. The minimum Gasteiger partial charge on any atom is -0.394 e. The van der Waals surface area contributed by atoms with Crippen LogP contribution in [0, 0.1) is 0 Å². The highest BCUT2D eigenvalue weighted by Crippen LogP contribution is 2.27. The van der Waals surface area contributed by atoms with Gasteiger partial charge in [0.2, 0.25) is 10.0 Å². The zero-order valence-corrected chi connectivity index (χ0v) is 13.0. The van der Waals surface area contributed by atoms with Crippen molar-refractivity contribution in [3.63, 3.8) is 0 Å². The Kier molecular flexibility index (Phi) is 4.33. The molecule has 1 aromatic rings. The first-order valence-corrected chi connectivity index (χ1v) is 8.94. The standard InChI is InChI=1S/C14H20FN3O3S/c15-11-7-12(10-19)18(9-11)14-4-3-13(8-16-14)22(20,21)17-5-1-2-6-17/h3-4,8,11-12,19H,1-2,5-7,9-10H2/t11-,12-/m0/s1. The summed E-state index contributed by atoms with van der Waals surface area (Å²) in [5.74, 6) is 0.500. The Morgan fingerprint density at radius 1 is 1.32 bits per heavy atom. The summed E-state index contributed by atoms with van der Waals surface area (Å²) in [6, 6.07) is 2.79. The van der Waals surface area contributed by atoms with Gasteiger partial charge >= 0.3 is 0 Å². The number of rotatable bonds is 4. The number of nitrogens with zero attached hydrogens (tertiary/aromatic N) is 3. The number of aliphatic hydroxyl groups is 1. The number of hydrogen-bond acceptors (Lipinski definition) is 5. The highest BCUT2D eigenvalue weighted by atomic mass is 32.2. The van der Waals surface area contributed by atoms with Crippen LogP contribution in [0.3, 0.4) is 0 Å². The summed E-state index contributed by atoms with van der Waals surface area (Å²) < 4.78 is 39.8. The van der Waals surface area contributed by atoms with Gasteiger partial charge in [0.05, 0.1) is 19.2 Å². The van der Waals surface area contributed by atoms with Crippen molar-refractivity contribution >= 4 is 15.8 Å². The summed E-state index contributed by atoms with van der Waals surface area (Å²) in [4.78, 5) is 6.03. The molecule has 2 aliphatic rings. The lowest BCUT2D eigenvalue weighted by molar-refractivity contribution is 0.255. The van der Waals surface area contributed by atoms with E-state index in [1.807, 2.05) is 0 Å². The molecule has 0 bridgehead atoms. The van der Waals surface area contributed by atoms with Crippen molar-refractivity contribution < 1.29 is 17.9 Å². The summed E-state index contributed by atoms with van der Waals surface area (Å²) >= 11 is 0. The predicted octanol–water partition coefficient (Wildman–Crippen LogP) is 0.775. The second-order valence-electron chi connectivity index (χ2n) is 5.79. The fraction of sp³-hybridized carbons (Fsp3) is 0.643. The molecule has 3 heterocycles. The third-order valence-electron chi connectivity index (χ3n) is 4.29. The van der Waals surface area contributed by atoms with Crippen LogP contribution in [0.25, 0.3) is 0 Å². The van der Waals surface area contributed by atoms with Crippen LogP contribution >= 0.6 is 0 Å². The number of anilines is 1. The smallest absolute Gasteiger partial charge is 0.244 e. The van der Waals surface area contributed by atoms with Gasteiger partial charge in [-0.05, 0) is 25.0 Å². The molecular formula is C14H20FN3O3S. The largest absolute Gasteiger partial charge is 0.394 e. The lowest BCUT2D eigenvalue weighted by Gasteiger charge is -2.24. The van der Waals surface area contributed by atoms with Crippen LogP contribution < -0.4 is 4.90 Å². The zero-order valence-electron chi connectivity index (χ0n) is 12.2. The van der Waals surface area contributed by atoms with Crippen molar-refractivity contribution in [2.75, 3.05) is 31.1 Å². The average molecular weight is 329 g/mol. The van der Waals surface area contributed by atoms with Gasteiger partial charge in [0.15, 0.2) is 0 Å². The molecule has 0 unspecified atom stereocenters. The molecule has 2 fully saturated rings. The molecule has 0 aromatic carbocycles. The van der Waals surface area contributed by atoms with Crippen LogP contribution in [0.2, 0.25) is 0 Å². The second kappa shape index (κ2) is 6.10. The number of aromatic nitrogens is 1. The molecule has 0 radical (unpaired) electrons. The molecule has 1 aromatic heterocycles. The molecule has 8 heteroatoms. The Bertz CT molecular complexity index is 617. The van der Waals surface area contributed by atoms with Crippen LogP contribution in [0.4, 0.5) is 10.2 Å². The molecule has 2 saturated heterocycles. The van der Waals surface area contributed by atoms with Gasteiger partial charge < -0.3 is 10.0 Å². The van der Waals surface area contributed by atoms with E-state index >= 15 is 0 Å². The zero-order chi connectivity index (χ0) is 15.7. The highest BCUT2D eigenvalue weighted by Gasteiger charge is 2.33. The topological polar surface area (TPSA) is 73.7 Å². The van der Waals surface area contributed by atoms with Crippen molar-refractivity contribution in [2.45, 2.75) is 36.4 Å². The predicted molar refractivity (Wildman–Crippen MR) is 80.0 cm³/mol. The van der Waals surface area contributed by atoms with Crippen LogP contribution in [0.5, 0.6) is 0 Å². The summed E-state index contributed by atoms with van der Waals surface area (Å²) in [7, 11) is -3.48. The number of alkyl halides is 1. The Morgan fingerprint density at radius 2 is 2.05 bits per heavy atom. The van der Waals surface area contributed by atoms with Gasteiger partial charge in [-0.25, -0.2) is 17.8 Å². The van der Waals surface area contributed by atoms with Crippen LogP contribution in [-0.4, -0.2) is 61.3 Å². The molecule has 3 rings (SSSR count). The van der Waals surface area contributed by atoms with E-state index in [0.717, 1.165) is 12.8 Å². The fourth-order valence-corrected chi connectivity index (χ4v) is 4.55. The average Bonchev–Trinajstić information content (AvgIpc) is 3.16. The molecule has 122 valence electrons. The first kappa shape index (κ1) is 15.6. The van der Waals surface area contributed by atoms with E-state index in [9.17, 15) is 17.9 Å². The quantitative estimate of drug-likeness (QED) is 0.883. The maximum Gasteiger partial charge on any atom is 0.244 e. The van der Waals surface area contributed by atoms with E-state index in [4.69, 9.17) is 0 Å². The summed E-state index contributed by atoms with van der Waals surface area (Å²) in [6.45, 7) is 1.13. The van der Waals surface area contributed by atoms with Crippen LogP contribution in [-0.2, 0) is 10.0 Å². The Morgan fingerprint density at radius 3 is 2.64 bits per heavy atom. The molecule has 0 amide bonds. The molecule has 0 spiro atoms. The first-order chi connectivity index (χ1) is 10.5. The number of pyridine rings is 1. The molecule has 6 nitrogen and oxygen atoms in total. The fourth-order valence-electron chi connectivity index (χ4n) is 3.09. The SMILES string of the molecule is O=S(=O)(c1ccc(N2C[C@@H](F)C[C@H]2CO)nc1)N1CCCC1. The molecule has 2 aliphatic heterocycles. The van der Waals surface area contributed by atoms with Crippen molar-refractivity contribution in [2.24, 2.45) is 0 Å². The Balaban J connectivity index is 1.81. The first-order valence-electron chi connectivity index (χ1n) is 7.50. The van der Waals surface area contributed by atoms with Crippen molar-refractivity contribution in [1.82, 2.24) is 9.29 Å². The van der Waals surface area contributed by atoms with Crippen molar-refractivity contribution in [1.29, 1.82) is 0 Å². The van der Waals surface area contributed by atoms with Gasteiger partial charge in [-0.3, -0.25) is 0 Å². The minimum absolute atomic E-state index is 0.143. The maximum absolute atomic E-state index is 13.5. The Labute approximate surface area is 129 Å². The Hall–Kier alpha value is -1.25. The molecule has 1 N–H and O–H groups in total. The van der Waals surface area contributed by atoms with Crippen LogP contribution in [0.1, 0.15) is 19.3 Å². The second-order valence-corrected chi connectivity index (χ2v) is 7.72. The van der Waals surface area contributed by atoms with Gasteiger partial charge in [0, 0.05) is 25.7 Å². The number of halogens is 1. The van der Waals surface area contributed by atoms with Crippen molar-refractivity contribution in [3.05, 3.63) is 18.3 Å². The number of sulfonamides is 1. The number of aliphatic hydroxyl groups excluding tert-OH is 1. The van der Waals surface area contributed by atoms with E-state index in [1.54, 1.807) is 11.0 Å². The minimum atomic E-state index is -3.48. The van der Waals surface area contributed by atoms with Gasteiger partial charge in [-0.2, -0.15) is 4.31 Å². The van der Waals surface area contributed by atoms with Crippen molar-refractivity contribution in [3.8, 4) is 0 Å². The summed E-state index contributed by atoms with van der Waals surface area (Å²) in [5.41, 5.74) is 0. The normalized spacial score (nSPS) is 26.7. The third-order valence-corrected chi connectivity index (χ3v) is 6.17. The van der Waals surface area contributed by atoms with Crippen LogP contribution in [0.15, 0.2) is 23.2 Å². The molecule has 22 heavy (non-hydrogen) atoms. The van der Waals surface area contributed by atoms with E-state index in [0.29, 0.717) is 18.9 Å². The van der Waals surface area contributed by atoms with Gasteiger partial charge in [-0.1, -0.05) is 0 Å². The lowest BCUT2D eigenvalue weighted by atomic mass is 10.2. The molecule has 0 saturated carbocycles. The highest BCUT2D eigenvalue weighted by molar-refractivity contribution is 7.89. The molecule has 2 atom stereocenters. The molecular weight excluding hydrogens is 309 g/mol. The molecule has 0 aliphatic carbocycles. The third kappa shape index (κ3) is 2.82. The van der Waals surface area contributed by atoms with E-state index in [-0.39, 0.29) is 30.5 Å². The van der Waals surface area contributed by atoms with E-state index < -0.39 is 16.2 Å². The van der Waals surface area contributed by atoms with E-state index in [2.05, 4.69) is 4.98 Å². The monoisotopic (exact) mass is 329 g/mol.